The standard InChI is InChI=1S/C11H14ClNO3/c1-16-11(15)10(14)9(13)6-7-4-2-3-5-8(7)12/h2-5,9-10,14H,6,13H2,1H3. The number of aliphatic hydroxyl groups excluding tert-OH is 1. The van der Waals surface area contributed by atoms with Gasteiger partial charge in [-0.3, -0.25) is 0 Å². The van der Waals surface area contributed by atoms with E-state index in [2.05, 4.69) is 4.74 Å². The molecule has 4 nitrogen and oxygen atoms in total. The zero-order valence-corrected chi connectivity index (χ0v) is 9.65. The van der Waals surface area contributed by atoms with Crippen LogP contribution in [0.25, 0.3) is 0 Å². The van der Waals surface area contributed by atoms with Crippen molar-refractivity contribution in [3.05, 3.63) is 34.9 Å². The topological polar surface area (TPSA) is 72.5 Å². The SMILES string of the molecule is COC(=O)C(O)C(N)Cc1ccccc1Cl. The summed E-state index contributed by atoms with van der Waals surface area (Å²) in [6.45, 7) is 0. The van der Waals surface area contributed by atoms with Crippen LogP contribution >= 0.6 is 11.6 Å². The second-order valence-electron chi connectivity index (χ2n) is 3.43. The minimum Gasteiger partial charge on any atom is -0.467 e. The van der Waals surface area contributed by atoms with Crippen LogP contribution in [0.1, 0.15) is 5.56 Å². The molecule has 3 N–H and O–H groups in total. The van der Waals surface area contributed by atoms with Crippen molar-refractivity contribution in [3.8, 4) is 0 Å². The molecule has 5 heteroatoms. The molecular formula is C11H14ClNO3. The van der Waals surface area contributed by atoms with Crippen LogP contribution in [0.4, 0.5) is 0 Å². The number of nitrogens with two attached hydrogens (primary N) is 1. The van der Waals surface area contributed by atoms with Gasteiger partial charge in [0, 0.05) is 11.1 Å². The first-order valence-corrected chi connectivity index (χ1v) is 5.19. The van der Waals surface area contributed by atoms with Crippen LogP contribution in [-0.4, -0.2) is 30.3 Å². The van der Waals surface area contributed by atoms with Crippen molar-refractivity contribution in [3.63, 3.8) is 0 Å². The molecule has 0 heterocycles. The number of esters is 1. The monoisotopic (exact) mass is 243 g/mol. The maximum absolute atomic E-state index is 11.0. The molecule has 0 radical (unpaired) electrons. The van der Waals surface area contributed by atoms with Gasteiger partial charge in [-0.2, -0.15) is 0 Å². The van der Waals surface area contributed by atoms with E-state index in [9.17, 15) is 9.90 Å². The molecule has 0 bridgehead atoms. The molecule has 2 unspecified atom stereocenters. The Balaban J connectivity index is 2.68. The molecule has 0 amide bonds. The number of carbonyl (C=O) groups excluding carboxylic acids is 1. The Morgan fingerprint density at radius 3 is 2.75 bits per heavy atom. The second-order valence-corrected chi connectivity index (χ2v) is 3.83. The van der Waals surface area contributed by atoms with E-state index < -0.39 is 18.1 Å². The molecule has 1 rings (SSSR count). The number of carbonyl (C=O) groups is 1. The fourth-order valence-corrected chi connectivity index (χ4v) is 1.54. The molecule has 2 atom stereocenters. The Morgan fingerprint density at radius 1 is 1.56 bits per heavy atom. The van der Waals surface area contributed by atoms with Gasteiger partial charge in [0.25, 0.3) is 0 Å². The van der Waals surface area contributed by atoms with Gasteiger partial charge in [-0.15, -0.1) is 0 Å². The Morgan fingerprint density at radius 2 is 2.19 bits per heavy atom. The summed E-state index contributed by atoms with van der Waals surface area (Å²) in [6.07, 6.45) is -1.02. The van der Waals surface area contributed by atoms with E-state index in [1.807, 2.05) is 6.07 Å². The average molecular weight is 244 g/mol. The third-order valence-corrected chi connectivity index (χ3v) is 2.63. The van der Waals surface area contributed by atoms with Crippen molar-refractivity contribution in [2.24, 2.45) is 5.73 Å². The van der Waals surface area contributed by atoms with Crippen molar-refractivity contribution in [2.75, 3.05) is 7.11 Å². The number of ether oxygens (including phenoxy) is 1. The quantitative estimate of drug-likeness (QED) is 0.766. The average Bonchev–Trinajstić information content (AvgIpc) is 2.30. The van der Waals surface area contributed by atoms with Gasteiger partial charge in [-0.05, 0) is 18.1 Å². The van der Waals surface area contributed by atoms with Crippen LogP contribution in [0.15, 0.2) is 24.3 Å². The molecule has 0 fully saturated rings. The minimum absolute atomic E-state index is 0.315. The van der Waals surface area contributed by atoms with Crippen LogP contribution in [-0.2, 0) is 16.0 Å². The highest BCUT2D eigenvalue weighted by atomic mass is 35.5. The molecule has 1 aromatic carbocycles. The first kappa shape index (κ1) is 13.0. The first-order valence-electron chi connectivity index (χ1n) is 4.81. The lowest BCUT2D eigenvalue weighted by Crippen LogP contribution is -2.42. The number of halogens is 1. The van der Waals surface area contributed by atoms with Crippen LogP contribution in [0.2, 0.25) is 5.02 Å². The zero-order valence-electron chi connectivity index (χ0n) is 8.89. The van der Waals surface area contributed by atoms with Crippen molar-refractivity contribution in [1.82, 2.24) is 0 Å². The van der Waals surface area contributed by atoms with Crippen molar-refractivity contribution in [2.45, 2.75) is 18.6 Å². The van der Waals surface area contributed by atoms with Gasteiger partial charge in [0.2, 0.25) is 0 Å². The molecule has 1 aromatic rings. The van der Waals surface area contributed by atoms with E-state index in [-0.39, 0.29) is 0 Å². The van der Waals surface area contributed by atoms with E-state index in [1.54, 1.807) is 18.2 Å². The lowest BCUT2D eigenvalue weighted by atomic mass is 10.0. The minimum atomic E-state index is -1.33. The maximum atomic E-state index is 11.0. The van der Waals surface area contributed by atoms with E-state index in [0.29, 0.717) is 11.4 Å². The second kappa shape index (κ2) is 5.84. The molecular weight excluding hydrogens is 230 g/mol. The van der Waals surface area contributed by atoms with Gasteiger partial charge < -0.3 is 15.6 Å². The molecule has 0 aliphatic rings. The summed E-state index contributed by atoms with van der Waals surface area (Å²) in [5.41, 5.74) is 6.48. The lowest BCUT2D eigenvalue weighted by Gasteiger charge is -2.17. The van der Waals surface area contributed by atoms with E-state index in [0.717, 1.165) is 5.56 Å². The molecule has 0 saturated heterocycles. The Hall–Kier alpha value is -1.10. The van der Waals surface area contributed by atoms with Crippen LogP contribution in [0.3, 0.4) is 0 Å². The predicted octanol–water partition coefficient (Wildman–Crippen LogP) is 0.744. The number of methoxy groups -OCH3 is 1. The number of rotatable bonds is 4. The lowest BCUT2D eigenvalue weighted by molar-refractivity contribution is -0.151. The van der Waals surface area contributed by atoms with Gasteiger partial charge in [-0.25, -0.2) is 4.79 Å². The molecule has 0 saturated carbocycles. The van der Waals surface area contributed by atoms with E-state index in [1.165, 1.54) is 7.11 Å². The Labute approximate surface area is 99.0 Å². The summed E-state index contributed by atoms with van der Waals surface area (Å²) < 4.78 is 4.40. The fraction of sp³-hybridized carbons (Fsp3) is 0.364. The molecule has 0 spiro atoms. The van der Waals surface area contributed by atoms with Crippen LogP contribution in [0.5, 0.6) is 0 Å². The number of hydrogen-bond acceptors (Lipinski definition) is 4. The summed E-state index contributed by atoms with van der Waals surface area (Å²) >= 11 is 5.93. The van der Waals surface area contributed by atoms with Gasteiger partial charge in [0.15, 0.2) is 6.10 Å². The van der Waals surface area contributed by atoms with Crippen molar-refractivity contribution < 1.29 is 14.6 Å². The summed E-state index contributed by atoms with van der Waals surface area (Å²) in [5, 5.41) is 10.1. The third kappa shape index (κ3) is 3.20. The van der Waals surface area contributed by atoms with Crippen molar-refractivity contribution >= 4 is 17.6 Å². The number of benzene rings is 1. The van der Waals surface area contributed by atoms with Gasteiger partial charge in [-0.1, -0.05) is 29.8 Å². The van der Waals surface area contributed by atoms with Gasteiger partial charge in [0.1, 0.15) is 0 Å². The highest BCUT2D eigenvalue weighted by Gasteiger charge is 2.24. The van der Waals surface area contributed by atoms with E-state index >= 15 is 0 Å². The molecule has 0 aliphatic carbocycles. The summed E-state index contributed by atoms with van der Waals surface area (Å²) in [7, 11) is 1.20. The number of aliphatic hydroxyl groups is 1. The van der Waals surface area contributed by atoms with Crippen LogP contribution in [0, 0.1) is 0 Å². The normalized spacial score (nSPS) is 14.2. The first-order chi connectivity index (χ1) is 7.56. The Kier molecular flexibility index (Phi) is 4.73. The van der Waals surface area contributed by atoms with Gasteiger partial charge >= 0.3 is 5.97 Å². The number of hydrogen-bond donors (Lipinski definition) is 2. The third-order valence-electron chi connectivity index (χ3n) is 2.26. The molecule has 0 aromatic heterocycles. The fourth-order valence-electron chi connectivity index (χ4n) is 1.33. The summed E-state index contributed by atoms with van der Waals surface area (Å²) in [5.74, 6) is -0.737. The summed E-state index contributed by atoms with van der Waals surface area (Å²) in [4.78, 5) is 11.0. The molecule has 16 heavy (non-hydrogen) atoms. The smallest absolute Gasteiger partial charge is 0.336 e. The maximum Gasteiger partial charge on any atom is 0.336 e. The largest absolute Gasteiger partial charge is 0.467 e. The van der Waals surface area contributed by atoms with Crippen LogP contribution < -0.4 is 5.73 Å². The highest BCUT2D eigenvalue weighted by molar-refractivity contribution is 6.31. The zero-order chi connectivity index (χ0) is 12.1. The van der Waals surface area contributed by atoms with Gasteiger partial charge in [0.05, 0.1) is 7.11 Å². The van der Waals surface area contributed by atoms with Crippen molar-refractivity contribution in [1.29, 1.82) is 0 Å². The molecule has 88 valence electrons. The summed E-state index contributed by atoms with van der Waals surface area (Å²) in [6, 6.07) is 6.42. The Bertz CT molecular complexity index is 370. The highest BCUT2D eigenvalue weighted by Crippen LogP contribution is 2.17. The predicted molar refractivity (Wildman–Crippen MR) is 61.2 cm³/mol. The van der Waals surface area contributed by atoms with E-state index in [4.69, 9.17) is 17.3 Å². The molecule has 0 aliphatic heterocycles.